The summed E-state index contributed by atoms with van der Waals surface area (Å²) < 4.78 is 15.9. The monoisotopic (exact) mass is 353 g/mol. The van der Waals surface area contributed by atoms with Gasteiger partial charge in [0.2, 0.25) is 5.89 Å². The van der Waals surface area contributed by atoms with Crippen LogP contribution < -0.4 is 14.8 Å². The molecule has 1 amide bonds. The Morgan fingerprint density at radius 1 is 1.04 bits per heavy atom. The van der Waals surface area contributed by atoms with E-state index < -0.39 is 5.91 Å². The summed E-state index contributed by atoms with van der Waals surface area (Å²) in [6, 6.07) is 14.8. The van der Waals surface area contributed by atoms with Crippen molar-refractivity contribution in [3.63, 3.8) is 0 Å². The maximum Gasteiger partial charge on any atom is 0.308 e. The number of hydrogen-bond donors (Lipinski definition) is 1. The van der Waals surface area contributed by atoms with Crippen LogP contribution in [0.3, 0.4) is 0 Å². The molecule has 0 saturated carbocycles. The quantitative estimate of drug-likeness (QED) is 0.703. The van der Waals surface area contributed by atoms with E-state index in [2.05, 4.69) is 15.5 Å². The number of rotatable bonds is 7. The normalized spacial score (nSPS) is 10.4. The van der Waals surface area contributed by atoms with E-state index in [1.807, 2.05) is 24.3 Å². The Hall–Kier alpha value is -3.35. The number of aromatic nitrogens is 2. The second-order valence-corrected chi connectivity index (χ2v) is 5.46. The van der Waals surface area contributed by atoms with Gasteiger partial charge in [-0.3, -0.25) is 4.79 Å². The molecule has 7 nitrogen and oxygen atoms in total. The highest BCUT2D eigenvalue weighted by Gasteiger charge is 2.15. The van der Waals surface area contributed by atoms with E-state index in [1.54, 1.807) is 38.5 Å². The van der Waals surface area contributed by atoms with Crippen molar-refractivity contribution in [3.05, 3.63) is 60.0 Å². The minimum Gasteiger partial charge on any atom is -0.497 e. The van der Waals surface area contributed by atoms with E-state index >= 15 is 0 Å². The average molecular weight is 353 g/mol. The molecular weight excluding hydrogens is 334 g/mol. The van der Waals surface area contributed by atoms with Crippen LogP contribution in [0.5, 0.6) is 11.5 Å². The molecule has 0 aliphatic rings. The van der Waals surface area contributed by atoms with Gasteiger partial charge in [-0.25, -0.2) is 0 Å². The smallest absolute Gasteiger partial charge is 0.308 e. The molecule has 7 heteroatoms. The Kier molecular flexibility index (Phi) is 5.48. The molecule has 0 bridgehead atoms. The summed E-state index contributed by atoms with van der Waals surface area (Å²) >= 11 is 0. The van der Waals surface area contributed by atoms with E-state index in [1.165, 1.54) is 0 Å². The molecule has 0 saturated heterocycles. The molecule has 0 atom stereocenters. The molecule has 2 aromatic carbocycles. The predicted molar refractivity (Wildman–Crippen MR) is 95.3 cm³/mol. The number of benzene rings is 2. The Labute approximate surface area is 151 Å². The molecule has 1 aromatic heterocycles. The average Bonchev–Trinajstić information content (AvgIpc) is 3.18. The minimum atomic E-state index is -0.410. The van der Waals surface area contributed by atoms with Crippen molar-refractivity contribution < 1.29 is 18.7 Å². The Bertz CT molecular complexity index is 875. The van der Waals surface area contributed by atoms with Crippen LogP contribution in [-0.4, -0.2) is 36.9 Å². The Morgan fingerprint density at radius 3 is 2.54 bits per heavy atom. The number of para-hydroxylation sites is 1. The Morgan fingerprint density at radius 2 is 1.81 bits per heavy atom. The van der Waals surface area contributed by atoms with Crippen molar-refractivity contribution >= 4 is 5.91 Å². The number of nitrogens with one attached hydrogen (secondary N) is 1. The highest BCUT2D eigenvalue weighted by Crippen LogP contribution is 2.21. The van der Waals surface area contributed by atoms with Gasteiger partial charge in [0.05, 0.1) is 14.2 Å². The maximum atomic E-state index is 12.2. The summed E-state index contributed by atoms with van der Waals surface area (Å²) in [4.78, 5) is 12.2. The number of carbonyl (C=O) groups excluding carboxylic acids is 1. The zero-order valence-corrected chi connectivity index (χ0v) is 14.6. The second kappa shape index (κ2) is 8.15. The molecule has 0 unspecified atom stereocenters. The third-order valence-corrected chi connectivity index (χ3v) is 3.83. The molecule has 134 valence electrons. The number of amides is 1. The van der Waals surface area contributed by atoms with Gasteiger partial charge in [-0.05, 0) is 42.3 Å². The highest BCUT2D eigenvalue weighted by molar-refractivity contribution is 5.89. The molecule has 0 aliphatic heterocycles. The summed E-state index contributed by atoms with van der Waals surface area (Å²) in [5.74, 6) is 1.31. The zero-order chi connectivity index (χ0) is 18.4. The van der Waals surface area contributed by atoms with Crippen LogP contribution in [0.25, 0.3) is 11.5 Å². The van der Waals surface area contributed by atoms with Crippen LogP contribution in [-0.2, 0) is 6.42 Å². The van der Waals surface area contributed by atoms with E-state index in [0.717, 1.165) is 17.1 Å². The van der Waals surface area contributed by atoms with E-state index in [0.29, 0.717) is 18.5 Å². The number of hydrogen-bond acceptors (Lipinski definition) is 6. The summed E-state index contributed by atoms with van der Waals surface area (Å²) in [7, 11) is 3.21. The highest BCUT2D eigenvalue weighted by atomic mass is 16.5. The molecule has 1 N–H and O–H groups in total. The maximum absolute atomic E-state index is 12.2. The minimum absolute atomic E-state index is 0.0733. The van der Waals surface area contributed by atoms with Crippen LogP contribution in [0.4, 0.5) is 0 Å². The van der Waals surface area contributed by atoms with Gasteiger partial charge in [0.25, 0.3) is 0 Å². The first-order valence-electron chi connectivity index (χ1n) is 8.09. The van der Waals surface area contributed by atoms with E-state index in [4.69, 9.17) is 13.9 Å². The van der Waals surface area contributed by atoms with Gasteiger partial charge < -0.3 is 19.2 Å². The SMILES string of the molecule is COc1ccc(-c2nnc(C(=O)NCCc3ccccc3OC)o2)cc1. The van der Waals surface area contributed by atoms with Crippen molar-refractivity contribution in [2.75, 3.05) is 20.8 Å². The lowest BCUT2D eigenvalue weighted by molar-refractivity contribution is 0.0920. The molecule has 0 fully saturated rings. The Balaban J connectivity index is 1.59. The largest absolute Gasteiger partial charge is 0.497 e. The molecule has 3 aromatic rings. The van der Waals surface area contributed by atoms with Crippen molar-refractivity contribution in [1.82, 2.24) is 15.5 Å². The van der Waals surface area contributed by atoms with E-state index in [-0.39, 0.29) is 11.8 Å². The fraction of sp³-hybridized carbons (Fsp3) is 0.211. The van der Waals surface area contributed by atoms with Crippen LogP contribution in [0.15, 0.2) is 52.9 Å². The summed E-state index contributed by atoms with van der Waals surface area (Å²) in [6.45, 7) is 0.430. The lowest BCUT2D eigenvalue weighted by atomic mass is 10.1. The molecular formula is C19H19N3O4. The number of nitrogens with zero attached hydrogens (tertiary/aromatic N) is 2. The van der Waals surface area contributed by atoms with Crippen LogP contribution in [0.1, 0.15) is 16.2 Å². The molecule has 26 heavy (non-hydrogen) atoms. The standard InChI is InChI=1S/C19H19N3O4/c1-24-15-9-7-14(8-10-15)18-21-22-19(26-18)17(23)20-12-11-13-5-3-4-6-16(13)25-2/h3-10H,11-12H2,1-2H3,(H,20,23). The third-order valence-electron chi connectivity index (χ3n) is 3.83. The number of carbonyl (C=O) groups is 1. The molecule has 0 radical (unpaired) electrons. The fourth-order valence-corrected chi connectivity index (χ4v) is 2.46. The zero-order valence-electron chi connectivity index (χ0n) is 14.6. The lowest BCUT2D eigenvalue weighted by Gasteiger charge is -2.08. The van der Waals surface area contributed by atoms with Crippen molar-refractivity contribution in [1.29, 1.82) is 0 Å². The number of ether oxygens (including phenoxy) is 2. The first-order valence-corrected chi connectivity index (χ1v) is 8.09. The summed E-state index contributed by atoms with van der Waals surface area (Å²) in [5, 5.41) is 10.5. The summed E-state index contributed by atoms with van der Waals surface area (Å²) in [5.41, 5.74) is 1.73. The van der Waals surface area contributed by atoms with Gasteiger partial charge in [0, 0.05) is 12.1 Å². The third kappa shape index (κ3) is 4.00. The second-order valence-electron chi connectivity index (χ2n) is 5.46. The topological polar surface area (TPSA) is 86.5 Å². The number of methoxy groups -OCH3 is 2. The molecule has 3 rings (SSSR count). The van der Waals surface area contributed by atoms with Gasteiger partial charge in [-0.15, -0.1) is 10.2 Å². The van der Waals surface area contributed by atoms with Gasteiger partial charge in [0.1, 0.15) is 11.5 Å². The molecule has 0 aliphatic carbocycles. The van der Waals surface area contributed by atoms with Gasteiger partial charge in [-0.1, -0.05) is 18.2 Å². The van der Waals surface area contributed by atoms with Gasteiger partial charge in [0.15, 0.2) is 0 Å². The molecule has 0 spiro atoms. The lowest BCUT2D eigenvalue weighted by Crippen LogP contribution is -2.26. The fourth-order valence-electron chi connectivity index (χ4n) is 2.46. The first kappa shape index (κ1) is 17.5. The van der Waals surface area contributed by atoms with Crippen molar-refractivity contribution in [2.45, 2.75) is 6.42 Å². The van der Waals surface area contributed by atoms with Gasteiger partial charge >= 0.3 is 11.8 Å². The first-order chi connectivity index (χ1) is 12.7. The van der Waals surface area contributed by atoms with Crippen LogP contribution in [0, 0.1) is 0 Å². The van der Waals surface area contributed by atoms with Crippen molar-refractivity contribution in [3.8, 4) is 23.0 Å². The summed E-state index contributed by atoms with van der Waals surface area (Å²) in [6.07, 6.45) is 0.634. The van der Waals surface area contributed by atoms with Gasteiger partial charge in [-0.2, -0.15) is 0 Å². The molecule has 1 heterocycles. The van der Waals surface area contributed by atoms with E-state index in [9.17, 15) is 4.79 Å². The van der Waals surface area contributed by atoms with Crippen LogP contribution in [0.2, 0.25) is 0 Å². The van der Waals surface area contributed by atoms with Crippen molar-refractivity contribution in [2.24, 2.45) is 0 Å². The predicted octanol–water partition coefficient (Wildman–Crippen LogP) is 2.73. The van der Waals surface area contributed by atoms with Crippen LogP contribution >= 0.6 is 0 Å².